The highest BCUT2D eigenvalue weighted by atomic mass is 32.1. The van der Waals surface area contributed by atoms with Crippen molar-refractivity contribution in [3.63, 3.8) is 0 Å². The molecule has 2 heterocycles. The lowest BCUT2D eigenvalue weighted by Crippen LogP contribution is -2.15. The average molecular weight is 236 g/mol. The number of carbonyl (C=O) groups is 1. The molecule has 6 heteroatoms. The minimum atomic E-state index is -0.122. The molecule has 0 atom stereocenters. The molecule has 0 radical (unpaired) electrons. The van der Waals surface area contributed by atoms with Crippen molar-refractivity contribution in [2.45, 2.75) is 13.3 Å². The van der Waals surface area contributed by atoms with Crippen molar-refractivity contribution in [1.82, 2.24) is 14.8 Å². The van der Waals surface area contributed by atoms with Crippen LogP contribution in [0.2, 0.25) is 0 Å². The minimum Gasteiger partial charge on any atom is -0.303 e. The second-order valence-electron chi connectivity index (χ2n) is 3.35. The van der Waals surface area contributed by atoms with E-state index in [1.54, 1.807) is 17.9 Å². The van der Waals surface area contributed by atoms with Crippen molar-refractivity contribution in [3.05, 3.63) is 28.2 Å². The van der Waals surface area contributed by atoms with Crippen molar-refractivity contribution in [2.24, 2.45) is 7.05 Å². The van der Waals surface area contributed by atoms with Crippen LogP contribution in [0.5, 0.6) is 0 Å². The zero-order valence-corrected chi connectivity index (χ0v) is 9.91. The topological polar surface area (TPSA) is 59.8 Å². The van der Waals surface area contributed by atoms with E-state index in [0.717, 1.165) is 16.9 Å². The predicted octanol–water partition coefficient (Wildman–Crippen LogP) is 1.69. The van der Waals surface area contributed by atoms with Gasteiger partial charge in [0, 0.05) is 7.05 Å². The van der Waals surface area contributed by atoms with Gasteiger partial charge in [0.1, 0.15) is 6.33 Å². The summed E-state index contributed by atoms with van der Waals surface area (Å²) in [6.45, 7) is 2.03. The molecule has 0 bridgehead atoms. The molecule has 0 aromatic carbocycles. The van der Waals surface area contributed by atoms with Crippen LogP contribution in [-0.4, -0.2) is 20.7 Å². The van der Waals surface area contributed by atoms with Crippen LogP contribution in [-0.2, 0) is 13.5 Å². The van der Waals surface area contributed by atoms with Gasteiger partial charge in [-0.3, -0.25) is 10.1 Å². The Morgan fingerprint density at radius 2 is 2.44 bits per heavy atom. The lowest BCUT2D eigenvalue weighted by atomic mass is 10.2. The largest absolute Gasteiger partial charge is 0.303 e. The first-order chi connectivity index (χ1) is 7.72. The van der Waals surface area contributed by atoms with E-state index in [9.17, 15) is 4.79 Å². The lowest BCUT2D eigenvalue weighted by molar-refractivity contribution is 0.102. The molecule has 5 nitrogen and oxygen atoms in total. The van der Waals surface area contributed by atoms with Crippen LogP contribution >= 0.6 is 11.3 Å². The fourth-order valence-corrected chi connectivity index (χ4v) is 2.26. The quantitative estimate of drug-likeness (QED) is 0.882. The number of thiophene rings is 1. The van der Waals surface area contributed by atoms with Crippen molar-refractivity contribution >= 4 is 23.2 Å². The average Bonchev–Trinajstić information content (AvgIpc) is 2.87. The summed E-state index contributed by atoms with van der Waals surface area (Å²) in [5, 5.41) is 12.2. The van der Waals surface area contributed by atoms with E-state index in [1.165, 1.54) is 11.3 Å². The highest BCUT2D eigenvalue weighted by Gasteiger charge is 2.13. The van der Waals surface area contributed by atoms with Gasteiger partial charge in [-0.25, -0.2) is 0 Å². The second kappa shape index (κ2) is 4.44. The molecule has 0 saturated carbocycles. The maximum atomic E-state index is 11.9. The highest BCUT2D eigenvalue weighted by molar-refractivity contribution is 7.12. The summed E-state index contributed by atoms with van der Waals surface area (Å²) in [7, 11) is 1.78. The van der Waals surface area contributed by atoms with Gasteiger partial charge in [0.25, 0.3) is 5.91 Å². The molecule has 2 rings (SSSR count). The molecule has 0 unspecified atom stereocenters. The van der Waals surface area contributed by atoms with Crippen LogP contribution in [0.4, 0.5) is 5.95 Å². The number of hydrogen-bond donors (Lipinski definition) is 1. The maximum absolute atomic E-state index is 11.9. The monoisotopic (exact) mass is 236 g/mol. The van der Waals surface area contributed by atoms with Gasteiger partial charge >= 0.3 is 0 Å². The molecule has 0 aliphatic carbocycles. The molecule has 1 amide bonds. The lowest BCUT2D eigenvalue weighted by Gasteiger charge is -2.03. The molecule has 1 N–H and O–H groups in total. The summed E-state index contributed by atoms with van der Waals surface area (Å²) in [5.74, 6) is 0.336. The number of carbonyl (C=O) groups excluding carboxylic acids is 1. The Morgan fingerprint density at radius 3 is 3.06 bits per heavy atom. The SMILES string of the molecule is CCc1ccsc1C(=O)Nc1nncn1C. The minimum absolute atomic E-state index is 0.122. The third kappa shape index (κ3) is 1.96. The smallest absolute Gasteiger partial charge is 0.268 e. The first-order valence-corrected chi connectivity index (χ1v) is 5.82. The summed E-state index contributed by atoms with van der Waals surface area (Å²) in [6.07, 6.45) is 2.40. The van der Waals surface area contributed by atoms with Crippen molar-refractivity contribution in [3.8, 4) is 0 Å². The fraction of sp³-hybridized carbons (Fsp3) is 0.300. The molecule has 2 aromatic heterocycles. The molecule has 0 spiro atoms. The van der Waals surface area contributed by atoms with Gasteiger partial charge in [-0.2, -0.15) is 0 Å². The van der Waals surface area contributed by atoms with E-state index in [4.69, 9.17) is 0 Å². The zero-order chi connectivity index (χ0) is 11.5. The Morgan fingerprint density at radius 1 is 1.62 bits per heavy atom. The molecule has 0 fully saturated rings. The first-order valence-electron chi connectivity index (χ1n) is 4.94. The van der Waals surface area contributed by atoms with Crippen LogP contribution in [0, 0.1) is 0 Å². The van der Waals surface area contributed by atoms with Gasteiger partial charge in [0.05, 0.1) is 4.88 Å². The van der Waals surface area contributed by atoms with Gasteiger partial charge in [0.2, 0.25) is 5.95 Å². The molecule has 16 heavy (non-hydrogen) atoms. The van der Waals surface area contributed by atoms with E-state index in [0.29, 0.717) is 5.95 Å². The van der Waals surface area contributed by atoms with Crippen LogP contribution in [0.3, 0.4) is 0 Å². The van der Waals surface area contributed by atoms with Gasteiger partial charge in [0.15, 0.2) is 0 Å². The Kier molecular flexibility index (Phi) is 3.00. The summed E-state index contributed by atoms with van der Waals surface area (Å²) >= 11 is 1.44. The molecule has 0 aliphatic rings. The number of nitrogens with one attached hydrogen (secondary N) is 1. The van der Waals surface area contributed by atoms with E-state index >= 15 is 0 Å². The van der Waals surface area contributed by atoms with E-state index in [1.807, 2.05) is 18.4 Å². The maximum Gasteiger partial charge on any atom is 0.268 e. The van der Waals surface area contributed by atoms with Crippen LogP contribution in [0.25, 0.3) is 0 Å². The Hall–Kier alpha value is -1.69. The van der Waals surface area contributed by atoms with Gasteiger partial charge in [-0.1, -0.05) is 6.92 Å². The number of anilines is 1. The number of amides is 1. The first kappa shape index (κ1) is 10.8. The summed E-state index contributed by atoms with van der Waals surface area (Å²) in [4.78, 5) is 12.7. The molecule has 84 valence electrons. The van der Waals surface area contributed by atoms with Gasteiger partial charge in [-0.05, 0) is 23.4 Å². The Balaban J connectivity index is 2.18. The standard InChI is InChI=1S/C10H12N4OS/c1-3-7-4-5-16-8(7)9(15)12-10-13-11-6-14(10)2/h4-6H,3H2,1-2H3,(H,12,13,15). The predicted molar refractivity (Wildman–Crippen MR) is 62.7 cm³/mol. The van der Waals surface area contributed by atoms with Crippen molar-refractivity contribution in [2.75, 3.05) is 5.32 Å². The Labute approximate surface area is 97.1 Å². The summed E-state index contributed by atoms with van der Waals surface area (Å²) in [6, 6.07) is 1.97. The molecular formula is C10H12N4OS. The number of rotatable bonds is 3. The van der Waals surface area contributed by atoms with E-state index < -0.39 is 0 Å². The normalized spacial score (nSPS) is 10.4. The third-order valence-electron chi connectivity index (χ3n) is 2.27. The molecule has 2 aromatic rings. The Bertz CT molecular complexity index is 502. The number of nitrogens with zero attached hydrogens (tertiary/aromatic N) is 3. The van der Waals surface area contributed by atoms with E-state index in [2.05, 4.69) is 15.5 Å². The third-order valence-corrected chi connectivity index (χ3v) is 3.23. The number of aryl methyl sites for hydroxylation is 2. The molecule has 0 saturated heterocycles. The summed E-state index contributed by atoms with van der Waals surface area (Å²) in [5.41, 5.74) is 1.06. The van der Waals surface area contributed by atoms with Crippen LogP contribution < -0.4 is 5.32 Å². The fourth-order valence-electron chi connectivity index (χ4n) is 1.37. The van der Waals surface area contributed by atoms with Crippen LogP contribution in [0.15, 0.2) is 17.8 Å². The van der Waals surface area contributed by atoms with Crippen molar-refractivity contribution < 1.29 is 4.79 Å². The van der Waals surface area contributed by atoms with Gasteiger partial charge in [-0.15, -0.1) is 21.5 Å². The highest BCUT2D eigenvalue weighted by Crippen LogP contribution is 2.18. The molecular weight excluding hydrogens is 224 g/mol. The second-order valence-corrected chi connectivity index (χ2v) is 4.26. The molecule has 0 aliphatic heterocycles. The van der Waals surface area contributed by atoms with Gasteiger partial charge < -0.3 is 4.57 Å². The number of aromatic nitrogens is 3. The van der Waals surface area contributed by atoms with Crippen LogP contribution in [0.1, 0.15) is 22.2 Å². The van der Waals surface area contributed by atoms with E-state index in [-0.39, 0.29) is 5.91 Å². The zero-order valence-electron chi connectivity index (χ0n) is 9.10. The number of hydrogen-bond acceptors (Lipinski definition) is 4. The van der Waals surface area contributed by atoms with Crippen molar-refractivity contribution in [1.29, 1.82) is 0 Å². The summed E-state index contributed by atoms with van der Waals surface area (Å²) < 4.78 is 1.66.